The third-order valence-electron chi connectivity index (χ3n) is 9.13. The summed E-state index contributed by atoms with van der Waals surface area (Å²) in [6.45, 7) is 9.34. The number of amides is 1. The summed E-state index contributed by atoms with van der Waals surface area (Å²) < 4.78 is 80.8. The van der Waals surface area contributed by atoms with Crippen LogP contribution >= 0.6 is 0 Å². The molecule has 1 N–H and O–H groups in total. The van der Waals surface area contributed by atoms with Gasteiger partial charge in [0.25, 0.3) is 0 Å². The SMILES string of the molecule is C=Cc1cc(F)c(S(=O)(=O)N(CC(=O)N(Cc2cc(C3CC3)cc(C(C)(C)C)c2)c2ccc(C(=O)O)cc2OCC)Cc2ccccc2C#N)c(F)c1F. The molecule has 54 heavy (non-hydrogen) atoms. The molecule has 0 bridgehead atoms. The average molecular weight is 760 g/mol. The molecule has 1 aliphatic carbocycles. The standard InChI is InChI=1S/C41H40F3N3O6S/c1-6-26-19-33(42)39(38(44)37(26)43)54(51,52)46(23-30-11-9-8-10-29(30)21-45)24-36(48)47(34-15-14-28(40(49)50)20-35(34)53-7-2)22-25-16-31(27-12-13-27)18-32(17-25)41(3,4)5/h6,8-11,14-20,27H,1,7,12-13,22-24H2,2-5H3,(H,49,50). The molecule has 0 aromatic heterocycles. The Bertz CT molecular complexity index is 2280. The van der Waals surface area contributed by atoms with E-state index in [2.05, 4.69) is 12.6 Å². The number of anilines is 1. The van der Waals surface area contributed by atoms with Gasteiger partial charge in [-0.3, -0.25) is 4.79 Å². The van der Waals surface area contributed by atoms with Gasteiger partial charge in [-0.05, 0) is 83.7 Å². The van der Waals surface area contributed by atoms with Crippen molar-refractivity contribution in [3.63, 3.8) is 0 Å². The molecule has 13 heteroatoms. The van der Waals surface area contributed by atoms with Crippen LogP contribution in [0.4, 0.5) is 18.9 Å². The highest BCUT2D eigenvalue weighted by molar-refractivity contribution is 7.89. The Labute approximate surface area is 313 Å². The van der Waals surface area contributed by atoms with Gasteiger partial charge in [0.2, 0.25) is 15.9 Å². The largest absolute Gasteiger partial charge is 0.492 e. The maximum absolute atomic E-state index is 15.5. The van der Waals surface area contributed by atoms with E-state index in [1.165, 1.54) is 47.4 Å². The number of hydrogen-bond acceptors (Lipinski definition) is 6. The van der Waals surface area contributed by atoms with Crippen molar-refractivity contribution in [1.82, 2.24) is 4.31 Å². The molecular weight excluding hydrogens is 720 g/mol. The van der Waals surface area contributed by atoms with Crippen LogP contribution in [0.15, 0.2) is 78.2 Å². The molecule has 0 atom stereocenters. The number of carbonyl (C=O) groups is 2. The van der Waals surface area contributed by atoms with Crippen LogP contribution in [0.3, 0.4) is 0 Å². The van der Waals surface area contributed by atoms with E-state index < -0.39 is 62.9 Å². The third-order valence-corrected chi connectivity index (χ3v) is 11.0. The maximum atomic E-state index is 15.5. The number of rotatable bonds is 14. The number of benzene rings is 4. The molecule has 0 saturated heterocycles. The van der Waals surface area contributed by atoms with Crippen molar-refractivity contribution in [2.24, 2.45) is 0 Å². The Morgan fingerprint density at radius 1 is 1.02 bits per heavy atom. The summed E-state index contributed by atoms with van der Waals surface area (Å²) >= 11 is 0. The summed E-state index contributed by atoms with van der Waals surface area (Å²) in [5, 5.41) is 19.5. The molecule has 9 nitrogen and oxygen atoms in total. The lowest BCUT2D eigenvalue weighted by molar-refractivity contribution is -0.119. The van der Waals surface area contributed by atoms with Gasteiger partial charge in [0.05, 0.1) is 42.6 Å². The van der Waals surface area contributed by atoms with Crippen molar-refractivity contribution < 1.29 is 41.0 Å². The number of sulfonamides is 1. The van der Waals surface area contributed by atoms with E-state index in [1.54, 1.807) is 6.92 Å². The highest BCUT2D eigenvalue weighted by Gasteiger charge is 2.37. The van der Waals surface area contributed by atoms with Crippen LogP contribution in [0.2, 0.25) is 0 Å². The summed E-state index contributed by atoms with van der Waals surface area (Å²) in [6, 6.07) is 18.2. The molecular formula is C41H40F3N3O6S. The predicted octanol–water partition coefficient (Wildman–Crippen LogP) is 8.31. The van der Waals surface area contributed by atoms with Gasteiger partial charge in [-0.25, -0.2) is 26.4 Å². The van der Waals surface area contributed by atoms with Crippen molar-refractivity contribution in [3.05, 3.63) is 130 Å². The second kappa shape index (κ2) is 15.9. The topological polar surface area (TPSA) is 128 Å². The molecule has 282 valence electrons. The number of carboxylic acid groups (broad SMARTS) is 1. The lowest BCUT2D eigenvalue weighted by Crippen LogP contribution is -2.43. The first-order valence-corrected chi connectivity index (χ1v) is 18.7. The smallest absolute Gasteiger partial charge is 0.335 e. The number of carbonyl (C=O) groups excluding carboxylic acids is 1. The van der Waals surface area contributed by atoms with Crippen molar-refractivity contribution in [3.8, 4) is 11.8 Å². The fourth-order valence-corrected chi connectivity index (χ4v) is 7.53. The van der Waals surface area contributed by atoms with Crippen LogP contribution in [0.25, 0.3) is 6.08 Å². The molecule has 0 aliphatic heterocycles. The number of carboxylic acids is 1. The van der Waals surface area contributed by atoms with Gasteiger partial charge in [0.1, 0.15) is 11.6 Å². The van der Waals surface area contributed by atoms with Crippen LogP contribution in [-0.2, 0) is 33.3 Å². The first kappa shape index (κ1) is 39.8. The first-order valence-electron chi connectivity index (χ1n) is 17.2. The monoisotopic (exact) mass is 759 g/mol. The Morgan fingerprint density at radius 2 is 1.72 bits per heavy atom. The maximum Gasteiger partial charge on any atom is 0.335 e. The number of nitrogens with zero attached hydrogens (tertiary/aromatic N) is 3. The molecule has 0 radical (unpaired) electrons. The lowest BCUT2D eigenvalue weighted by atomic mass is 9.84. The number of hydrogen-bond donors (Lipinski definition) is 1. The van der Waals surface area contributed by atoms with E-state index in [-0.39, 0.29) is 46.7 Å². The highest BCUT2D eigenvalue weighted by atomic mass is 32.2. The molecule has 4 aromatic rings. The Kier molecular flexibility index (Phi) is 11.7. The van der Waals surface area contributed by atoms with Crippen molar-refractivity contribution in [2.75, 3.05) is 18.1 Å². The molecule has 1 amide bonds. The molecule has 1 saturated carbocycles. The van der Waals surface area contributed by atoms with E-state index in [1.807, 2.05) is 39.0 Å². The Hall–Kier alpha value is -5.45. The van der Waals surface area contributed by atoms with E-state index in [9.17, 15) is 32.8 Å². The predicted molar refractivity (Wildman–Crippen MR) is 198 cm³/mol. The summed E-state index contributed by atoms with van der Waals surface area (Å²) in [6.07, 6.45) is 2.83. The van der Waals surface area contributed by atoms with Gasteiger partial charge in [-0.1, -0.05) is 69.8 Å². The second-order valence-electron chi connectivity index (χ2n) is 14.0. The first-order chi connectivity index (χ1) is 25.5. The zero-order valence-corrected chi connectivity index (χ0v) is 31.1. The summed E-state index contributed by atoms with van der Waals surface area (Å²) in [5.41, 5.74) is 1.99. The van der Waals surface area contributed by atoms with Gasteiger partial charge in [0, 0.05) is 12.1 Å². The minimum absolute atomic E-state index is 0.0172. The van der Waals surface area contributed by atoms with Crippen LogP contribution in [-0.4, -0.2) is 42.9 Å². The summed E-state index contributed by atoms with van der Waals surface area (Å²) in [7, 11) is -5.35. The minimum atomic E-state index is -5.35. The van der Waals surface area contributed by atoms with Crippen LogP contribution in [0.1, 0.15) is 90.2 Å². The Balaban J connectivity index is 1.69. The van der Waals surface area contributed by atoms with Crippen molar-refractivity contribution >= 4 is 33.7 Å². The normalized spacial score (nSPS) is 13.0. The molecule has 5 rings (SSSR count). The average Bonchev–Trinajstić information content (AvgIpc) is 3.98. The minimum Gasteiger partial charge on any atom is -0.492 e. The number of aromatic carboxylic acids is 1. The number of nitriles is 1. The quantitative estimate of drug-likeness (QED) is 0.128. The molecule has 4 aromatic carbocycles. The van der Waals surface area contributed by atoms with Gasteiger partial charge in [0.15, 0.2) is 16.5 Å². The third kappa shape index (κ3) is 8.51. The van der Waals surface area contributed by atoms with Crippen molar-refractivity contribution in [2.45, 2.75) is 69.9 Å². The van der Waals surface area contributed by atoms with Crippen molar-refractivity contribution in [1.29, 1.82) is 5.26 Å². The van der Waals surface area contributed by atoms with Gasteiger partial charge >= 0.3 is 5.97 Å². The number of ether oxygens (including phenoxy) is 1. The van der Waals surface area contributed by atoms with Crippen LogP contribution < -0.4 is 9.64 Å². The van der Waals surface area contributed by atoms with Crippen LogP contribution in [0, 0.1) is 28.8 Å². The molecule has 0 spiro atoms. The van der Waals surface area contributed by atoms with Gasteiger partial charge in [-0.2, -0.15) is 9.57 Å². The number of halogens is 3. The van der Waals surface area contributed by atoms with E-state index >= 15 is 8.78 Å². The Morgan fingerprint density at radius 3 is 2.33 bits per heavy atom. The summed E-state index contributed by atoms with van der Waals surface area (Å²) in [5.74, 6) is -7.05. The summed E-state index contributed by atoms with van der Waals surface area (Å²) in [4.78, 5) is 26.2. The second-order valence-corrected chi connectivity index (χ2v) is 15.9. The van der Waals surface area contributed by atoms with E-state index in [0.717, 1.165) is 30.0 Å². The van der Waals surface area contributed by atoms with E-state index in [4.69, 9.17) is 4.74 Å². The molecule has 0 heterocycles. The fourth-order valence-electron chi connectivity index (χ4n) is 6.06. The fraction of sp³-hybridized carbons (Fsp3) is 0.293. The molecule has 1 aliphatic rings. The molecule has 1 fully saturated rings. The molecule has 0 unspecified atom stereocenters. The van der Waals surface area contributed by atoms with Gasteiger partial charge < -0.3 is 14.7 Å². The van der Waals surface area contributed by atoms with E-state index in [0.29, 0.717) is 21.9 Å². The lowest BCUT2D eigenvalue weighted by Gasteiger charge is -2.30. The zero-order valence-electron chi connectivity index (χ0n) is 30.3. The van der Waals surface area contributed by atoms with Crippen LogP contribution in [0.5, 0.6) is 5.75 Å². The highest BCUT2D eigenvalue weighted by Crippen LogP contribution is 2.42. The zero-order chi connectivity index (χ0) is 39.5. The van der Waals surface area contributed by atoms with Gasteiger partial charge in [-0.15, -0.1) is 0 Å².